The van der Waals surface area contributed by atoms with Crippen molar-refractivity contribution in [1.82, 2.24) is 20.8 Å². The summed E-state index contributed by atoms with van der Waals surface area (Å²) in [6, 6.07) is 0.348. The minimum Gasteiger partial charge on any atom is -0.346 e. The van der Waals surface area contributed by atoms with E-state index in [4.69, 9.17) is 4.52 Å². The number of hydrogen-bond donors (Lipinski definition) is 2. The third-order valence-electron chi connectivity index (χ3n) is 4.43. The average Bonchev–Trinajstić information content (AvgIpc) is 3.11. The Kier molecular flexibility index (Phi) is 4.00. The first kappa shape index (κ1) is 13.5. The van der Waals surface area contributed by atoms with Gasteiger partial charge in [0.05, 0.1) is 6.04 Å². The van der Waals surface area contributed by atoms with E-state index in [1.807, 2.05) is 0 Å². The van der Waals surface area contributed by atoms with Crippen molar-refractivity contribution in [2.45, 2.75) is 57.5 Å². The van der Waals surface area contributed by atoms with E-state index in [0.717, 1.165) is 25.8 Å². The molecule has 1 saturated carbocycles. The molecule has 0 spiro atoms. The van der Waals surface area contributed by atoms with Crippen molar-refractivity contribution in [2.75, 3.05) is 6.54 Å². The van der Waals surface area contributed by atoms with Crippen molar-refractivity contribution in [3.05, 3.63) is 11.7 Å². The van der Waals surface area contributed by atoms with Gasteiger partial charge in [0.25, 0.3) is 11.7 Å². The zero-order chi connectivity index (χ0) is 13.9. The van der Waals surface area contributed by atoms with Gasteiger partial charge >= 0.3 is 0 Å². The number of rotatable bonds is 3. The number of carbonyl (C=O) groups excluding carboxylic acids is 1. The van der Waals surface area contributed by atoms with Crippen LogP contribution in [0.4, 0.5) is 0 Å². The lowest BCUT2D eigenvalue weighted by molar-refractivity contribution is 0.0896. The van der Waals surface area contributed by atoms with Gasteiger partial charge in [0.2, 0.25) is 5.89 Å². The van der Waals surface area contributed by atoms with Gasteiger partial charge in [-0.05, 0) is 38.1 Å². The lowest BCUT2D eigenvalue weighted by Gasteiger charge is -2.28. The quantitative estimate of drug-likeness (QED) is 0.881. The molecule has 3 atom stereocenters. The largest absolute Gasteiger partial charge is 0.346 e. The Morgan fingerprint density at radius 2 is 2.15 bits per heavy atom. The molecule has 3 unspecified atom stereocenters. The highest BCUT2D eigenvalue weighted by Crippen LogP contribution is 2.24. The highest BCUT2D eigenvalue weighted by Gasteiger charge is 2.27. The van der Waals surface area contributed by atoms with Crippen molar-refractivity contribution in [1.29, 1.82) is 0 Å². The lowest BCUT2D eigenvalue weighted by Crippen LogP contribution is -2.41. The molecule has 1 aromatic rings. The summed E-state index contributed by atoms with van der Waals surface area (Å²) in [4.78, 5) is 16.4. The Morgan fingerprint density at radius 1 is 1.30 bits per heavy atom. The molecule has 1 saturated heterocycles. The summed E-state index contributed by atoms with van der Waals surface area (Å²) in [7, 11) is 0. The Balaban J connectivity index is 1.62. The van der Waals surface area contributed by atoms with E-state index in [-0.39, 0.29) is 23.8 Å². The number of amides is 1. The highest BCUT2D eigenvalue weighted by molar-refractivity contribution is 5.90. The molecule has 3 rings (SSSR count). The smallest absolute Gasteiger partial charge is 0.292 e. The topological polar surface area (TPSA) is 80.0 Å². The Hall–Kier alpha value is -1.43. The van der Waals surface area contributed by atoms with Crippen molar-refractivity contribution in [3.8, 4) is 0 Å². The van der Waals surface area contributed by atoms with E-state index in [1.165, 1.54) is 19.3 Å². The van der Waals surface area contributed by atoms with E-state index >= 15 is 0 Å². The summed E-state index contributed by atoms with van der Waals surface area (Å²) < 4.78 is 5.20. The molecule has 6 heteroatoms. The van der Waals surface area contributed by atoms with Crippen LogP contribution in [0, 0.1) is 5.92 Å². The van der Waals surface area contributed by atoms with Crippen LogP contribution in [0.5, 0.6) is 0 Å². The van der Waals surface area contributed by atoms with Crippen molar-refractivity contribution >= 4 is 5.91 Å². The maximum atomic E-state index is 12.2. The number of carbonyl (C=O) groups is 1. The van der Waals surface area contributed by atoms with Crippen LogP contribution in [0.2, 0.25) is 0 Å². The van der Waals surface area contributed by atoms with Gasteiger partial charge in [-0.3, -0.25) is 4.79 Å². The van der Waals surface area contributed by atoms with Crippen LogP contribution >= 0.6 is 0 Å². The Morgan fingerprint density at radius 3 is 2.90 bits per heavy atom. The molecule has 110 valence electrons. The Bertz CT molecular complexity index is 467. The van der Waals surface area contributed by atoms with Gasteiger partial charge < -0.3 is 15.2 Å². The second-order valence-corrected chi connectivity index (χ2v) is 5.95. The molecule has 1 amide bonds. The van der Waals surface area contributed by atoms with Gasteiger partial charge in [0.1, 0.15) is 0 Å². The van der Waals surface area contributed by atoms with E-state index in [2.05, 4.69) is 27.7 Å². The van der Waals surface area contributed by atoms with Crippen LogP contribution in [0.25, 0.3) is 0 Å². The van der Waals surface area contributed by atoms with Gasteiger partial charge in [-0.2, -0.15) is 4.98 Å². The molecule has 2 N–H and O–H groups in total. The lowest BCUT2D eigenvalue weighted by atomic mass is 9.86. The molecular weight excluding hydrogens is 256 g/mol. The summed E-state index contributed by atoms with van der Waals surface area (Å²) >= 11 is 0. The third kappa shape index (κ3) is 2.85. The molecular formula is C14H22N4O2. The minimum atomic E-state index is -0.211. The van der Waals surface area contributed by atoms with E-state index in [9.17, 15) is 4.79 Å². The van der Waals surface area contributed by atoms with E-state index in [1.54, 1.807) is 0 Å². The summed E-state index contributed by atoms with van der Waals surface area (Å²) in [5, 5.41) is 10.1. The summed E-state index contributed by atoms with van der Waals surface area (Å²) in [5.41, 5.74) is 0. The van der Waals surface area contributed by atoms with Gasteiger partial charge in [-0.15, -0.1) is 0 Å². The molecule has 0 radical (unpaired) electrons. The minimum absolute atomic E-state index is 0.109. The van der Waals surface area contributed by atoms with Crippen molar-refractivity contribution in [2.24, 2.45) is 5.92 Å². The number of aromatic nitrogens is 2. The second kappa shape index (κ2) is 5.91. The predicted octanol–water partition coefficient (Wildman–Crippen LogP) is 1.80. The van der Waals surface area contributed by atoms with Gasteiger partial charge in [0, 0.05) is 6.04 Å². The first-order valence-corrected chi connectivity index (χ1v) is 7.62. The fourth-order valence-electron chi connectivity index (χ4n) is 3.13. The molecule has 0 aromatic carbocycles. The number of nitrogens with one attached hydrogen (secondary N) is 2. The SMILES string of the molecule is CC1CCCCC1NC(=O)c1noc(C2CCCN2)n1. The van der Waals surface area contributed by atoms with Crippen LogP contribution in [0.1, 0.15) is 68.0 Å². The van der Waals surface area contributed by atoms with Gasteiger partial charge in [0.15, 0.2) is 0 Å². The Labute approximate surface area is 118 Å². The summed E-state index contributed by atoms with van der Waals surface area (Å²) in [6.07, 6.45) is 6.75. The molecule has 2 heterocycles. The first-order valence-electron chi connectivity index (χ1n) is 7.62. The van der Waals surface area contributed by atoms with E-state index in [0.29, 0.717) is 11.8 Å². The fraction of sp³-hybridized carbons (Fsp3) is 0.786. The zero-order valence-corrected chi connectivity index (χ0v) is 11.9. The predicted molar refractivity (Wildman–Crippen MR) is 73.2 cm³/mol. The molecule has 2 aliphatic rings. The van der Waals surface area contributed by atoms with Crippen LogP contribution in [-0.2, 0) is 0 Å². The highest BCUT2D eigenvalue weighted by atomic mass is 16.5. The molecule has 1 aliphatic carbocycles. The first-order chi connectivity index (χ1) is 9.74. The van der Waals surface area contributed by atoms with Crippen LogP contribution in [0.15, 0.2) is 4.52 Å². The summed E-state index contributed by atoms with van der Waals surface area (Å²) in [6.45, 7) is 3.16. The number of hydrogen-bond acceptors (Lipinski definition) is 5. The van der Waals surface area contributed by atoms with Crippen LogP contribution in [-0.4, -0.2) is 28.6 Å². The molecule has 1 aromatic heterocycles. The van der Waals surface area contributed by atoms with Gasteiger partial charge in [-0.25, -0.2) is 0 Å². The van der Waals surface area contributed by atoms with Gasteiger partial charge in [-0.1, -0.05) is 24.9 Å². The normalized spacial score (nSPS) is 30.4. The number of nitrogens with zero attached hydrogens (tertiary/aromatic N) is 2. The molecule has 2 fully saturated rings. The van der Waals surface area contributed by atoms with Crippen LogP contribution < -0.4 is 10.6 Å². The summed E-state index contributed by atoms with van der Waals surface area (Å²) in [5.74, 6) is 1.00. The maximum absolute atomic E-state index is 12.2. The maximum Gasteiger partial charge on any atom is 0.292 e. The van der Waals surface area contributed by atoms with E-state index < -0.39 is 0 Å². The van der Waals surface area contributed by atoms with Crippen molar-refractivity contribution < 1.29 is 9.32 Å². The third-order valence-corrected chi connectivity index (χ3v) is 4.43. The standard InChI is InChI=1S/C14H22N4O2/c1-9-5-2-3-6-10(9)16-13(19)12-17-14(20-18-12)11-7-4-8-15-11/h9-11,15H,2-8H2,1H3,(H,16,19). The van der Waals surface area contributed by atoms with Crippen molar-refractivity contribution in [3.63, 3.8) is 0 Å². The van der Waals surface area contributed by atoms with Crippen LogP contribution in [0.3, 0.4) is 0 Å². The monoisotopic (exact) mass is 278 g/mol. The zero-order valence-electron chi connectivity index (χ0n) is 11.9. The molecule has 0 bridgehead atoms. The second-order valence-electron chi connectivity index (χ2n) is 5.95. The average molecular weight is 278 g/mol. The fourth-order valence-corrected chi connectivity index (χ4v) is 3.13. The molecule has 6 nitrogen and oxygen atoms in total. The molecule has 20 heavy (non-hydrogen) atoms. The molecule has 1 aliphatic heterocycles.